The zero-order valence-corrected chi connectivity index (χ0v) is 14.3. The molecule has 0 amide bonds. The SMILES string of the molecule is CN=C(NCCOC)NCc1nc(-c2ccco2)n[nH]1.I. The van der Waals surface area contributed by atoms with Crippen molar-refractivity contribution in [3.8, 4) is 11.6 Å². The van der Waals surface area contributed by atoms with Crippen molar-refractivity contribution in [1.82, 2.24) is 25.8 Å². The summed E-state index contributed by atoms with van der Waals surface area (Å²) in [6, 6.07) is 3.61. The normalized spacial score (nSPS) is 11.0. The third-order valence-electron chi connectivity index (χ3n) is 2.52. The quantitative estimate of drug-likeness (QED) is 0.287. The Hall–Kier alpha value is -1.62. The van der Waals surface area contributed by atoms with Crippen LogP contribution in [0.1, 0.15) is 5.82 Å². The Morgan fingerprint density at radius 3 is 3.00 bits per heavy atom. The second kappa shape index (κ2) is 9.34. The Morgan fingerprint density at radius 2 is 2.33 bits per heavy atom. The smallest absolute Gasteiger partial charge is 0.216 e. The molecule has 0 radical (unpaired) electrons. The zero-order chi connectivity index (χ0) is 14.2. The summed E-state index contributed by atoms with van der Waals surface area (Å²) in [6.07, 6.45) is 1.59. The molecular formula is C12H19IN6O2. The van der Waals surface area contributed by atoms with Gasteiger partial charge in [0.05, 0.1) is 19.4 Å². The summed E-state index contributed by atoms with van der Waals surface area (Å²) < 4.78 is 10.2. The van der Waals surface area contributed by atoms with Gasteiger partial charge in [0.25, 0.3) is 0 Å². The topological polar surface area (TPSA) is 100 Å². The molecule has 2 aromatic heterocycles. The van der Waals surface area contributed by atoms with E-state index in [0.717, 1.165) is 0 Å². The van der Waals surface area contributed by atoms with E-state index in [1.54, 1.807) is 26.5 Å². The van der Waals surface area contributed by atoms with Crippen LogP contribution in [0.3, 0.4) is 0 Å². The van der Waals surface area contributed by atoms with Crippen molar-refractivity contribution in [2.75, 3.05) is 27.3 Å². The standard InChI is InChI=1S/C12H18N6O2.HI/c1-13-12(14-5-7-19-2)15-8-10-16-11(18-17-10)9-4-3-6-20-9;/h3-4,6H,5,7-8H2,1-2H3,(H2,13,14,15)(H,16,17,18);1H. The minimum Gasteiger partial charge on any atom is -0.461 e. The number of hydrogen-bond acceptors (Lipinski definition) is 5. The average Bonchev–Trinajstić information content (AvgIpc) is 3.12. The van der Waals surface area contributed by atoms with Gasteiger partial charge in [-0.25, -0.2) is 4.98 Å². The lowest BCUT2D eigenvalue weighted by Gasteiger charge is -2.09. The highest BCUT2D eigenvalue weighted by Gasteiger charge is 2.08. The highest BCUT2D eigenvalue weighted by atomic mass is 127. The number of nitrogens with zero attached hydrogens (tertiary/aromatic N) is 3. The molecule has 9 heteroatoms. The second-order valence-electron chi connectivity index (χ2n) is 3.93. The van der Waals surface area contributed by atoms with Gasteiger partial charge in [-0.05, 0) is 12.1 Å². The van der Waals surface area contributed by atoms with Crippen molar-refractivity contribution in [2.24, 2.45) is 4.99 Å². The van der Waals surface area contributed by atoms with Crippen LogP contribution in [0.2, 0.25) is 0 Å². The molecule has 0 aromatic carbocycles. The summed E-state index contributed by atoms with van der Waals surface area (Å²) in [5, 5.41) is 13.2. The van der Waals surface area contributed by atoms with Crippen LogP contribution in [0, 0.1) is 0 Å². The average molecular weight is 406 g/mol. The number of methoxy groups -OCH3 is 1. The predicted molar refractivity (Wildman–Crippen MR) is 89.6 cm³/mol. The summed E-state index contributed by atoms with van der Waals surface area (Å²) in [6.45, 7) is 1.79. The molecule has 0 aliphatic heterocycles. The summed E-state index contributed by atoms with van der Waals surface area (Å²) in [5.74, 6) is 2.55. The van der Waals surface area contributed by atoms with Crippen LogP contribution in [0.4, 0.5) is 0 Å². The third kappa shape index (κ3) is 5.34. The first kappa shape index (κ1) is 17.4. The summed E-state index contributed by atoms with van der Waals surface area (Å²) >= 11 is 0. The maximum atomic E-state index is 5.23. The van der Waals surface area contributed by atoms with E-state index in [2.05, 4.69) is 30.8 Å². The van der Waals surface area contributed by atoms with Crippen LogP contribution in [-0.4, -0.2) is 48.5 Å². The van der Waals surface area contributed by atoms with E-state index < -0.39 is 0 Å². The highest BCUT2D eigenvalue weighted by molar-refractivity contribution is 14.0. The van der Waals surface area contributed by atoms with Gasteiger partial charge in [-0.1, -0.05) is 0 Å². The number of nitrogens with one attached hydrogen (secondary N) is 3. The molecule has 0 aliphatic rings. The van der Waals surface area contributed by atoms with Gasteiger partial charge < -0.3 is 19.8 Å². The second-order valence-corrected chi connectivity index (χ2v) is 3.93. The fourth-order valence-corrected chi connectivity index (χ4v) is 1.55. The molecule has 0 saturated carbocycles. The van der Waals surface area contributed by atoms with Crippen molar-refractivity contribution in [1.29, 1.82) is 0 Å². The molecule has 0 aliphatic carbocycles. The van der Waals surface area contributed by atoms with Gasteiger partial charge in [0.1, 0.15) is 5.82 Å². The van der Waals surface area contributed by atoms with Crippen molar-refractivity contribution >= 4 is 29.9 Å². The predicted octanol–water partition coefficient (Wildman–Crippen LogP) is 0.994. The van der Waals surface area contributed by atoms with Gasteiger partial charge in [-0.3, -0.25) is 10.1 Å². The molecule has 2 heterocycles. The van der Waals surface area contributed by atoms with Crippen molar-refractivity contribution in [2.45, 2.75) is 6.54 Å². The number of hydrogen-bond donors (Lipinski definition) is 3. The van der Waals surface area contributed by atoms with Gasteiger partial charge >= 0.3 is 0 Å². The summed E-state index contributed by atoms with van der Waals surface area (Å²) in [7, 11) is 3.36. The van der Waals surface area contributed by atoms with E-state index in [4.69, 9.17) is 9.15 Å². The van der Waals surface area contributed by atoms with E-state index >= 15 is 0 Å². The first-order valence-electron chi connectivity index (χ1n) is 6.22. The maximum Gasteiger partial charge on any atom is 0.216 e. The Kier molecular flexibility index (Phi) is 7.75. The molecule has 2 rings (SSSR count). The summed E-state index contributed by atoms with van der Waals surface area (Å²) in [5.41, 5.74) is 0. The molecule has 21 heavy (non-hydrogen) atoms. The van der Waals surface area contributed by atoms with Gasteiger partial charge in [0.15, 0.2) is 11.7 Å². The number of guanidine groups is 1. The molecular weight excluding hydrogens is 387 g/mol. The molecule has 0 unspecified atom stereocenters. The van der Waals surface area contributed by atoms with Crippen LogP contribution in [0.5, 0.6) is 0 Å². The number of aromatic amines is 1. The van der Waals surface area contributed by atoms with E-state index in [1.807, 2.05) is 6.07 Å². The first-order valence-corrected chi connectivity index (χ1v) is 6.22. The molecule has 116 valence electrons. The summed E-state index contributed by atoms with van der Waals surface area (Å²) in [4.78, 5) is 8.41. The maximum absolute atomic E-state index is 5.23. The lowest BCUT2D eigenvalue weighted by molar-refractivity contribution is 0.203. The number of H-pyrrole nitrogens is 1. The molecule has 0 saturated heterocycles. The van der Waals surface area contributed by atoms with Gasteiger partial charge in [0, 0.05) is 20.7 Å². The largest absolute Gasteiger partial charge is 0.461 e. The minimum absolute atomic E-state index is 0. The number of aromatic nitrogens is 3. The Balaban J connectivity index is 0.00000220. The molecule has 0 fully saturated rings. The van der Waals surface area contributed by atoms with Crippen LogP contribution in [-0.2, 0) is 11.3 Å². The van der Waals surface area contributed by atoms with E-state index in [1.165, 1.54) is 0 Å². The third-order valence-corrected chi connectivity index (χ3v) is 2.52. The number of halogens is 1. The van der Waals surface area contributed by atoms with Crippen LogP contribution >= 0.6 is 24.0 Å². The van der Waals surface area contributed by atoms with E-state index in [-0.39, 0.29) is 24.0 Å². The molecule has 3 N–H and O–H groups in total. The number of aliphatic imine (C=N–C) groups is 1. The van der Waals surface area contributed by atoms with Crippen molar-refractivity contribution in [3.05, 3.63) is 24.2 Å². The molecule has 8 nitrogen and oxygen atoms in total. The van der Waals surface area contributed by atoms with Crippen LogP contribution < -0.4 is 10.6 Å². The minimum atomic E-state index is 0. The first-order chi connectivity index (χ1) is 9.83. The molecule has 2 aromatic rings. The van der Waals surface area contributed by atoms with Gasteiger partial charge in [0.2, 0.25) is 5.82 Å². The molecule has 0 atom stereocenters. The Labute approximate surface area is 139 Å². The number of ether oxygens (including phenoxy) is 1. The Morgan fingerprint density at radius 1 is 1.48 bits per heavy atom. The lowest BCUT2D eigenvalue weighted by atomic mass is 10.4. The number of rotatable bonds is 6. The van der Waals surface area contributed by atoms with Crippen LogP contribution in [0.15, 0.2) is 27.8 Å². The van der Waals surface area contributed by atoms with Gasteiger partial charge in [-0.15, -0.1) is 29.1 Å². The fraction of sp³-hybridized carbons (Fsp3) is 0.417. The van der Waals surface area contributed by atoms with Gasteiger partial charge in [-0.2, -0.15) is 0 Å². The Bertz CT molecular complexity index is 540. The highest BCUT2D eigenvalue weighted by Crippen LogP contribution is 2.13. The van der Waals surface area contributed by atoms with E-state index in [0.29, 0.717) is 43.1 Å². The van der Waals surface area contributed by atoms with Crippen molar-refractivity contribution in [3.63, 3.8) is 0 Å². The van der Waals surface area contributed by atoms with E-state index in [9.17, 15) is 0 Å². The fourth-order valence-electron chi connectivity index (χ4n) is 1.55. The van der Waals surface area contributed by atoms with Crippen molar-refractivity contribution < 1.29 is 9.15 Å². The monoisotopic (exact) mass is 406 g/mol. The van der Waals surface area contributed by atoms with Crippen LogP contribution in [0.25, 0.3) is 11.6 Å². The number of furan rings is 1. The zero-order valence-electron chi connectivity index (χ0n) is 11.9. The molecule has 0 spiro atoms. The molecule has 0 bridgehead atoms. The lowest BCUT2D eigenvalue weighted by Crippen LogP contribution is -2.38.